The summed E-state index contributed by atoms with van der Waals surface area (Å²) in [5, 5.41) is 2.80. The van der Waals surface area contributed by atoms with Crippen molar-refractivity contribution in [2.24, 2.45) is 11.7 Å². The van der Waals surface area contributed by atoms with E-state index in [1.54, 1.807) is 0 Å². The first-order valence-corrected chi connectivity index (χ1v) is 6.32. The molecule has 3 N–H and O–H groups in total. The lowest BCUT2D eigenvalue weighted by atomic mass is 10.0. The van der Waals surface area contributed by atoms with E-state index >= 15 is 0 Å². The van der Waals surface area contributed by atoms with Gasteiger partial charge in [0.2, 0.25) is 5.91 Å². The van der Waals surface area contributed by atoms with Crippen LogP contribution in [0.5, 0.6) is 0 Å². The summed E-state index contributed by atoms with van der Waals surface area (Å²) in [7, 11) is 0. The van der Waals surface area contributed by atoms with Gasteiger partial charge in [0.25, 0.3) is 0 Å². The molecule has 1 aromatic rings. The first-order valence-electron chi connectivity index (χ1n) is 6.32. The Balaban J connectivity index is 2.07. The molecule has 0 aliphatic heterocycles. The molecule has 1 saturated carbocycles. The Morgan fingerprint density at radius 2 is 2.00 bits per heavy atom. The highest BCUT2D eigenvalue weighted by Crippen LogP contribution is 2.49. The lowest BCUT2D eigenvalue weighted by molar-refractivity contribution is -0.123. The minimum absolute atomic E-state index is 0.0215. The highest BCUT2D eigenvalue weighted by atomic mass is 19.1. The van der Waals surface area contributed by atoms with E-state index in [2.05, 4.69) is 5.32 Å². The van der Waals surface area contributed by atoms with E-state index in [4.69, 9.17) is 5.73 Å². The van der Waals surface area contributed by atoms with Gasteiger partial charge in [0.05, 0.1) is 0 Å². The molecule has 1 amide bonds. The second kappa shape index (κ2) is 4.89. The van der Waals surface area contributed by atoms with Crippen LogP contribution >= 0.6 is 0 Å². The summed E-state index contributed by atoms with van der Waals surface area (Å²) in [5.74, 6) is -2.09. The first-order chi connectivity index (χ1) is 8.85. The number of halogens is 2. The van der Waals surface area contributed by atoms with Gasteiger partial charge in [0.15, 0.2) is 0 Å². The predicted molar refractivity (Wildman–Crippen MR) is 68.5 cm³/mol. The Bertz CT molecular complexity index is 482. The van der Waals surface area contributed by atoms with Crippen molar-refractivity contribution in [1.29, 1.82) is 0 Å². The van der Waals surface area contributed by atoms with Crippen LogP contribution in [0, 0.1) is 17.6 Å². The van der Waals surface area contributed by atoms with Crippen LogP contribution in [0.15, 0.2) is 18.2 Å². The van der Waals surface area contributed by atoms with Crippen molar-refractivity contribution in [2.75, 3.05) is 6.54 Å². The summed E-state index contributed by atoms with van der Waals surface area (Å²) in [4.78, 5) is 12.0. The zero-order valence-electron chi connectivity index (χ0n) is 11.0. The smallest absolute Gasteiger partial charge is 0.224 e. The minimum atomic E-state index is -0.585. The molecule has 1 fully saturated rings. The van der Waals surface area contributed by atoms with E-state index in [0.717, 1.165) is 0 Å². The Kier molecular flexibility index (Phi) is 3.58. The van der Waals surface area contributed by atoms with Crippen LogP contribution in [0.3, 0.4) is 0 Å². The van der Waals surface area contributed by atoms with Crippen molar-refractivity contribution >= 4 is 5.91 Å². The largest absolute Gasteiger partial charge is 0.350 e. The zero-order chi connectivity index (χ0) is 14.2. The molecular formula is C14H18F2N2O. The summed E-state index contributed by atoms with van der Waals surface area (Å²) < 4.78 is 27.2. The van der Waals surface area contributed by atoms with Gasteiger partial charge >= 0.3 is 0 Å². The Labute approximate surface area is 111 Å². The molecule has 1 aliphatic carbocycles. The van der Waals surface area contributed by atoms with Crippen molar-refractivity contribution in [3.63, 3.8) is 0 Å². The van der Waals surface area contributed by atoms with E-state index in [1.807, 2.05) is 13.8 Å². The fourth-order valence-electron chi connectivity index (χ4n) is 2.15. The van der Waals surface area contributed by atoms with Crippen LogP contribution in [-0.2, 0) is 4.79 Å². The maximum Gasteiger partial charge on any atom is 0.224 e. The molecule has 1 aliphatic rings. The second-order valence-corrected chi connectivity index (χ2v) is 5.66. The van der Waals surface area contributed by atoms with Gasteiger partial charge < -0.3 is 11.1 Å². The van der Waals surface area contributed by atoms with E-state index in [9.17, 15) is 13.6 Å². The molecule has 0 bridgehead atoms. The molecule has 5 heteroatoms. The van der Waals surface area contributed by atoms with Crippen molar-refractivity contribution in [2.45, 2.75) is 31.7 Å². The molecule has 0 heterocycles. The number of amides is 1. The van der Waals surface area contributed by atoms with Gasteiger partial charge in [-0.15, -0.1) is 0 Å². The normalized spacial score (nSPS) is 22.2. The van der Waals surface area contributed by atoms with E-state index in [-0.39, 0.29) is 23.3 Å². The Hall–Kier alpha value is -1.49. The van der Waals surface area contributed by atoms with Crippen LogP contribution in [0.2, 0.25) is 0 Å². The quantitative estimate of drug-likeness (QED) is 0.876. The van der Waals surface area contributed by atoms with E-state index in [1.165, 1.54) is 18.2 Å². The summed E-state index contributed by atoms with van der Waals surface area (Å²) >= 11 is 0. The number of rotatable bonds is 4. The molecule has 3 nitrogen and oxygen atoms in total. The average molecular weight is 268 g/mol. The molecule has 0 aromatic heterocycles. The molecule has 0 saturated heterocycles. The summed E-state index contributed by atoms with van der Waals surface area (Å²) in [5.41, 5.74) is 5.05. The Morgan fingerprint density at radius 1 is 1.42 bits per heavy atom. The monoisotopic (exact) mass is 268 g/mol. The van der Waals surface area contributed by atoms with Gasteiger partial charge in [-0.05, 0) is 32.4 Å². The van der Waals surface area contributed by atoms with Crippen LogP contribution in [0.1, 0.15) is 31.7 Å². The summed E-state index contributed by atoms with van der Waals surface area (Å²) in [6.07, 6.45) is 0.477. The first kappa shape index (κ1) is 13.9. The maximum atomic E-state index is 13.6. The van der Waals surface area contributed by atoms with Gasteiger partial charge in [-0.3, -0.25) is 4.79 Å². The van der Waals surface area contributed by atoms with Crippen LogP contribution in [0.25, 0.3) is 0 Å². The summed E-state index contributed by atoms with van der Waals surface area (Å²) in [6.45, 7) is 3.93. The molecule has 1 aromatic carbocycles. The molecule has 0 spiro atoms. The molecule has 19 heavy (non-hydrogen) atoms. The average Bonchev–Trinajstić information content (AvgIpc) is 3.08. The van der Waals surface area contributed by atoms with E-state index in [0.29, 0.717) is 13.0 Å². The number of nitrogens with one attached hydrogen (secondary N) is 1. The van der Waals surface area contributed by atoms with Crippen molar-refractivity contribution < 1.29 is 13.6 Å². The van der Waals surface area contributed by atoms with Gasteiger partial charge in [-0.1, -0.05) is 6.07 Å². The van der Waals surface area contributed by atoms with E-state index < -0.39 is 17.2 Å². The van der Waals surface area contributed by atoms with Crippen molar-refractivity contribution in [3.05, 3.63) is 35.4 Å². The van der Waals surface area contributed by atoms with Gasteiger partial charge in [-0.25, -0.2) is 8.78 Å². The summed E-state index contributed by atoms with van der Waals surface area (Å²) in [6, 6.07) is 3.76. The number of carbonyl (C=O) groups is 1. The van der Waals surface area contributed by atoms with Crippen LogP contribution in [-0.4, -0.2) is 18.0 Å². The highest BCUT2D eigenvalue weighted by molar-refractivity contribution is 5.83. The minimum Gasteiger partial charge on any atom is -0.350 e. The number of carbonyl (C=O) groups excluding carboxylic acids is 1. The lowest BCUT2D eigenvalue weighted by Crippen LogP contribution is -2.49. The molecule has 0 radical (unpaired) electrons. The molecule has 2 atom stereocenters. The second-order valence-electron chi connectivity index (χ2n) is 5.66. The van der Waals surface area contributed by atoms with Gasteiger partial charge in [0, 0.05) is 29.5 Å². The highest BCUT2D eigenvalue weighted by Gasteiger charge is 2.47. The third-order valence-electron chi connectivity index (χ3n) is 3.47. The molecule has 104 valence electrons. The van der Waals surface area contributed by atoms with Gasteiger partial charge in [-0.2, -0.15) is 0 Å². The third kappa shape index (κ3) is 2.92. The van der Waals surface area contributed by atoms with Crippen molar-refractivity contribution in [1.82, 2.24) is 5.32 Å². The molecular weight excluding hydrogens is 250 g/mol. The fourth-order valence-corrected chi connectivity index (χ4v) is 2.15. The topological polar surface area (TPSA) is 55.1 Å². The maximum absolute atomic E-state index is 13.6. The SMILES string of the molecule is CC(C)(CN)NC(=O)C1CC1c1c(F)cccc1F. The van der Waals surface area contributed by atoms with Crippen LogP contribution in [0.4, 0.5) is 8.78 Å². The molecule has 2 rings (SSSR count). The van der Waals surface area contributed by atoms with Crippen molar-refractivity contribution in [3.8, 4) is 0 Å². The number of hydrogen-bond acceptors (Lipinski definition) is 2. The third-order valence-corrected chi connectivity index (χ3v) is 3.47. The number of hydrogen-bond donors (Lipinski definition) is 2. The fraction of sp³-hybridized carbons (Fsp3) is 0.500. The lowest BCUT2D eigenvalue weighted by Gasteiger charge is -2.24. The predicted octanol–water partition coefficient (Wildman–Crippen LogP) is 1.92. The number of benzene rings is 1. The Morgan fingerprint density at radius 3 is 2.53 bits per heavy atom. The standard InChI is InChI=1S/C14H18F2N2O/c1-14(2,7-17)18-13(19)9-6-8(9)12-10(15)4-3-5-11(12)16/h3-5,8-9H,6-7,17H2,1-2H3,(H,18,19). The molecule has 2 unspecified atom stereocenters. The van der Waals surface area contributed by atoms with Crippen LogP contribution < -0.4 is 11.1 Å². The van der Waals surface area contributed by atoms with Gasteiger partial charge in [0.1, 0.15) is 11.6 Å². The number of nitrogens with two attached hydrogens (primary N) is 1. The zero-order valence-corrected chi connectivity index (χ0v) is 11.0.